The Labute approximate surface area is 351 Å². The Morgan fingerprint density at radius 2 is 1.34 bits per heavy atom. The van der Waals surface area contributed by atoms with Gasteiger partial charge >= 0.3 is 0 Å². The summed E-state index contributed by atoms with van der Waals surface area (Å²) in [5, 5.41) is 5.54. The quantitative estimate of drug-likeness (QED) is 0.0881. The molecule has 7 heteroatoms. The van der Waals surface area contributed by atoms with Crippen molar-refractivity contribution in [3.63, 3.8) is 0 Å². The van der Waals surface area contributed by atoms with Crippen molar-refractivity contribution in [3.8, 4) is 33.8 Å². The predicted molar refractivity (Wildman–Crippen MR) is 252 cm³/mol. The van der Waals surface area contributed by atoms with Crippen LogP contribution in [0, 0.1) is 12.8 Å². The molecule has 6 aromatic carbocycles. The van der Waals surface area contributed by atoms with Gasteiger partial charge in [-0.25, -0.2) is 0 Å². The van der Waals surface area contributed by atoms with Gasteiger partial charge < -0.3 is 4.42 Å². The van der Waals surface area contributed by atoms with E-state index in [2.05, 4.69) is 110 Å². The predicted octanol–water partition coefficient (Wildman–Crippen LogP) is 12.7. The van der Waals surface area contributed by atoms with Crippen LogP contribution in [0.2, 0.25) is 12.6 Å². The number of hydrogen-bond acceptors (Lipinski definition) is 3. The van der Waals surface area contributed by atoms with Crippen molar-refractivity contribution in [3.05, 3.63) is 185 Å². The third-order valence-electron chi connectivity index (χ3n) is 11.8. The Hall–Kier alpha value is -6.32. The van der Waals surface area contributed by atoms with Crippen molar-refractivity contribution >= 4 is 80.8 Å². The monoisotopic (exact) mass is 750 g/mol. The van der Waals surface area contributed by atoms with E-state index in [4.69, 9.17) is 45.8 Å². The van der Waals surface area contributed by atoms with Crippen molar-refractivity contribution in [2.24, 2.45) is 10.9 Å². The zero-order chi connectivity index (χ0) is 40.8. The van der Waals surface area contributed by atoms with Gasteiger partial charge in [-0.05, 0) is 86.9 Å². The highest BCUT2D eigenvalue weighted by atomic mass is 16.3. The van der Waals surface area contributed by atoms with Crippen LogP contribution in [0.1, 0.15) is 25.0 Å². The van der Waals surface area contributed by atoms with Gasteiger partial charge in [-0.15, -0.1) is 5.47 Å². The van der Waals surface area contributed by atoms with Gasteiger partial charge in [0.1, 0.15) is 27.2 Å². The fourth-order valence-corrected chi connectivity index (χ4v) is 8.84. The van der Waals surface area contributed by atoms with Gasteiger partial charge in [-0.2, -0.15) is 0 Å². The summed E-state index contributed by atoms with van der Waals surface area (Å²) in [5.74, 6) is 1.17. The van der Waals surface area contributed by atoms with Crippen molar-refractivity contribution in [1.82, 2.24) is 4.98 Å². The Kier molecular flexibility index (Phi) is 10.2. The van der Waals surface area contributed by atoms with E-state index >= 15 is 0 Å². The van der Waals surface area contributed by atoms with Crippen LogP contribution in [0.4, 0.5) is 5.69 Å². The van der Waals surface area contributed by atoms with E-state index in [9.17, 15) is 0 Å². The van der Waals surface area contributed by atoms with Crippen LogP contribution in [0.15, 0.2) is 183 Å². The van der Waals surface area contributed by atoms with Crippen molar-refractivity contribution in [2.75, 3.05) is 0 Å². The van der Waals surface area contributed by atoms with Crippen molar-refractivity contribution in [1.29, 1.82) is 0 Å². The lowest BCUT2D eigenvalue weighted by Crippen LogP contribution is -2.08. The second-order valence-electron chi connectivity index (χ2n) is 15.2. The number of furan rings is 1. The third-order valence-corrected chi connectivity index (χ3v) is 11.8. The lowest BCUT2D eigenvalue weighted by molar-refractivity contribution is 0.598. The third kappa shape index (κ3) is 6.54. The van der Waals surface area contributed by atoms with Crippen LogP contribution >= 0.6 is 0 Å². The molecular weight excluding hydrogens is 712 g/mol. The first kappa shape index (κ1) is 38.2. The van der Waals surface area contributed by atoms with Crippen LogP contribution in [0.5, 0.6) is 0 Å². The van der Waals surface area contributed by atoms with E-state index in [1.54, 1.807) is 6.20 Å². The number of hydrogen-bond donors (Lipinski definition) is 0. The summed E-state index contributed by atoms with van der Waals surface area (Å²) >= 11 is 0. The first-order chi connectivity index (χ1) is 28.8. The minimum atomic E-state index is -0.286. The number of nitrogens with zero attached hydrogens (tertiary/aromatic N) is 2. The highest BCUT2D eigenvalue weighted by molar-refractivity contribution is 6.37. The van der Waals surface area contributed by atoms with Crippen molar-refractivity contribution < 1.29 is 4.42 Å². The van der Waals surface area contributed by atoms with Gasteiger partial charge in [-0.3, -0.25) is 9.98 Å². The molecule has 0 saturated carbocycles. The maximum atomic E-state index is 7.33. The van der Waals surface area contributed by atoms with Crippen LogP contribution < -0.4 is 0 Å². The molecule has 9 rings (SSSR count). The Morgan fingerprint density at radius 3 is 2.05 bits per heavy atom. The molecular formula is C52H38B4N2O. The van der Waals surface area contributed by atoms with E-state index in [0.29, 0.717) is 16.7 Å². The summed E-state index contributed by atoms with van der Waals surface area (Å²) in [6, 6.07) is 48.0. The number of fused-ring (bicyclic) bond motifs is 4. The number of aryl methyl sites for hydroxylation is 1. The second kappa shape index (κ2) is 15.8. The first-order valence-corrected chi connectivity index (χ1v) is 20.0. The molecule has 1 atom stereocenters. The minimum Gasteiger partial charge on any atom is -0.455 e. The zero-order valence-corrected chi connectivity index (χ0v) is 33.5. The van der Waals surface area contributed by atoms with E-state index in [-0.39, 0.29) is 18.6 Å². The molecule has 0 aliphatic heterocycles. The summed E-state index contributed by atoms with van der Waals surface area (Å²) in [7, 11) is 27.8. The van der Waals surface area contributed by atoms with E-state index in [1.165, 1.54) is 5.39 Å². The molecule has 0 amide bonds. The number of aromatic nitrogens is 1. The van der Waals surface area contributed by atoms with E-state index < -0.39 is 0 Å². The molecule has 8 aromatic rings. The second-order valence-corrected chi connectivity index (χ2v) is 15.2. The number of benzene rings is 6. The molecule has 2 aromatic heterocycles. The van der Waals surface area contributed by atoms with Gasteiger partial charge in [-0.1, -0.05) is 152 Å². The summed E-state index contributed by atoms with van der Waals surface area (Å²) in [6.45, 7) is 6.11. The van der Waals surface area contributed by atoms with Gasteiger partial charge in [0.25, 0.3) is 0 Å². The van der Waals surface area contributed by atoms with Gasteiger partial charge in [0, 0.05) is 39.5 Å². The van der Waals surface area contributed by atoms with Crippen molar-refractivity contribution in [2.45, 2.75) is 33.4 Å². The fourth-order valence-electron chi connectivity index (χ4n) is 8.84. The highest BCUT2D eigenvalue weighted by Crippen LogP contribution is 2.53. The molecule has 1 aliphatic rings. The average molecular weight is 750 g/mol. The molecule has 0 saturated heterocycles. The molecule has 0 fully saturated rings. The van der Waals surface area contributed by atoms with Crippen LogP contribution in [0.25, 0.3) is 71.8 Å². The van der Waals surface area contributed by atoms with Crippen LogP contribution in [-0.2, 0) is 0 Å². The lowest BCUT2D eigenvalue weighted by atomic mass is 9.75. The topological polar surface area (TPSA) is 38.4 Å². The maximum Gasteiger partial charge on any atom is 0.143 e. The van der Waals surface area contributed by atoms with Gasteiger partial charge in [0.2, 0.25) is 0 Å². The summed E-state index contributed by atoms with van der Waals surface area (Å²) < 4.78 is 7.33. The van der Waals surface area contributed by atoms with Gasteiger partial charge in [0.15, 0.2) is 0 Å². The zero-order valence-electron chi connectivity index (χ0n) is 33.5. The Balaban J connectivity index is 1.40. The van der Waals surface area contributed by atoms with E-state index in [0.717, 1.165) is 99.9 Å². The SMILES string of the molecule is [B]C/C(C(C)=Nc1c(C)ccc2cccnc12)=C1/C([B])=C([B])C(C)/C1=C(/C[B])c1c(-c2ccccc2)oc(-c2cc3ccccc3c3ccccc23)c1-c1ccccc1. The normalized spacial score (nSPS) is 16.4. The standard InChI is InChI=1S/C52H38B4N2O/c1-30-24-25-34-20-14-26-57-50(34)49(30)58-32(3)41(28-53)45-43(31(2)47(55)48(45)56)42(29-54)46-44(33-15-6-4-7-16-33)52(59-51(46)35-17-8-5-9-18-35)40-27-36-19-10-11-21-37(36)38-22-12-13-23-39(38)40/h4-27,31H,28-29H2,1-3H3/b43-42+,45-41-,58-32?. The number of allylic oxidation sites excluding steroid dienone is 6. The smallest absolute Gasteiger partial charge is 0.143 e. The highest BCUT2D eigenvalue weighted by Gasteiger charge is 2.34. The molecule has 0 N–H and O–H groups in total. The molecule has 1 aliphatic carbocycles. The first-order valence-electron chi connectivity index (χ1n) is 20.0. The number of pyridine rings is 1. The molecule has 8 radical (unpaired) electrons. The molecule has 274 valence electrons. The Bertz CT molecular complexity index is 3070. The number of aliphatic imine (C=N–C) groups is 1. The molecule has 3 nitrogen and oxygen atoms in total. The van der Waals surface area contributed by atoms with Gasteiger partial charge in [0.05, 0.1) is 26.9 Å². The maximum absolute atomic E-state index is 7.33. The summed E-state index contributed by atoms with van der Waals surface area (Å²) in [6.07, 6.45) is 2.13. The molecule has 59 heavy (non-hydrogen) atoms. The minimum absolute atomic E-state index is 0.167. The fraction of sp³-hybridized carbons (Fsp3) is 0.115. The Morgan fingerprint density at radius 1 is 0.695 bits per heavy atom. The van der Waals surface area contributed by atoms with Crippen LogP contribution in [-0.4, -0.2) is 42.1 Å². The molecule has 1 unspecified atom stereocenters. The molecule has 2 heterocycles. The molecule has 0 spiro atoms. The lowest BCUT2D eigenvalue weighted by Gasteiger charge is -2.22. The molecule has 0 bridgehead atoms. The van der Waals surface area contributed by atoms with E-state index in [1.807, 2.05) is 50.2 Å². The van der Waals surface area contributed by atoms with Crippen LogP contribution in [0.3, 0.4) is 0 Å². The summed E-state index contributed by atoms with van der Waals surface area (Å²) in [4.78, 5) is 9.94. The largest absolute Gasteiger partial charge is 0.455 e. The number of rotatable bonds is 8. The summed E-state index contributed by atoms with van der Waals surface area (Å²) in [5.41, 5.74) is 12.4. The average Bonchev–Trinajstić information content (AvgIpc) is 3.77.